The van der Waals surface area contributed by atoms with Gasteiger partial charge in [0.05, 0.1) is 10.6 Å². The van der Waals surface area contributed by atoms with Gasteiger partial charge in [0.1, 0.15) is 11.6 Å². The van der Waals surface area contributed by atoms with Crippen LogP contribution in [0, 0.1) is 5.82 Å². The molecule has 1 aromatic carbocycles. The van der Waals surface area contributed by atoms with Crippen molar-refractivity contribution in [1.82, 2.24) is 19.2 Å². The number of nitrogens with zero attached hydrogens (tertiary/aromatic N) is 4. The van der Waals surface area contributed by atoms with Gasteiger partial charge in [0.25, 0.3) is 5.91 Å². The van der Waals surface area contributed by atoms with Crippen molar-refractivity contribution in [3.05, 3.63) is 50.9 Å². The highest BCUT2D eigenvalue weighted by atomic mass is 35.5. The van der Waals surface area contributed by atoms with E-state index in [0.29, 0.717) is 18.9 Å². The Bertz CT molecular complexity index is 890. The molecule has 0 aliphatic carbocycles. The first-order valence-corrected chi connectivity index (χ1v) is 9.07. The predicted molar refractivity (Wildman–Crippen MR) is 97.1 cm³/mol. The molecule has 26 heavy (non-hydrogen) atoms. The van der Waals surface area contributed by atoms with Crippen LogP contribution in [0.25, 0.3) is 0 Å². The molecule has 0 bridgehead atoms. The molecule has 1 amide bonds. The van der Waals surface area contributed by atoms with Gasteiger partial charge >= 0.3 is 5.69 Å². The van der Waals surface area contributed by atoms with Crippen LogP contribution in [0.1, 0.15) is 54.8 Å². The van der Waals surface area contributed by atoms with Crippen LogP contribution in [0.2, 0.25) is 5.02 Å². The number of aryl methyl sites for hydroxylation is 1. The van der Waals surface area contributed by atoms with Crippen LogP contribution in [0.3, 0.4) is 0 Å². The largest absolute Gasteiger partial charge is 0.345 e. The number of likely N-dealkylation sites (tertiary alicyclic amines) is 1. The molecule has 2 aromatic rings. The quantitative estimate of drug-likeness (QED) is 0.822. The summed E-state index contributed by atoms with van der Waals surface area (Å²) in [7, 11) is 1.63. The highest BCUT2D eigenvalue weighted by Gasteiger charge is 2.30. The van der Waals surface area contributed by atoms with Crippen LogP contribution in [0.4, 0.5) is 4.39 Å². The lowest BCUT2D eigenvalue weighted by Crippen LogP contribution is -2.40. The van der Waals surface area contributed by atoms with Gasteiger partial charge in [-0.05, 0) is 44.9 Å². The molecule has 3 rings (SSSR count). The van der Waals surface area contributed by atoms with Gasteiger partial charge in [-0.15, -0.1) is 0 Å². The first-order chi connectivity index (χ1) is 12.3. The van der Waals surface area contributed by atoms with Gasteiger partial charge in [-0.3, -0.25) is 9.36 Å². The number of halogens is 2. The maximum atomic E-state index is 13.2. The molecule has 2 heterocycles. The van der Waals surface area contributed by atoms with E-state index in [9.17, 15) is 14.0 Å². The molecule has 140 valence electrons. The fourth-order valence-corrected chi connectivity index (χ4v) is 3.72. The van der Waals surface area contributed by atoms with E-state index in [1.54, 1.807) is 16.5 Å². The zero-order chi connectivity index (χ0) is 19.0. The molecular formula is C18H22ClFN4O2. The zero-order valence-corrected chi connectivity index (χ0v) is 15.8. The van der Waals surface area contributed by atoms with Crippen molar-refractivity contribution in [3.8, 4) is 0 Å². The SMILES string of the molecule is CC(C)n1c(C2CCCN(C(=O)c3ccc(F)cc3Cl)C2)nn(C)c1=O. The van der Waals surface area contributed by atoms with Gasteiger partial charge in [-0.2, -0.15) is 5.10 Å². The Morgan fingerprint density at radius 3 is 2.77 bits per heavy atom. The minimum absolute atomic E-state index is 0.0104. The maximum absolute atomic E-state index is 13.2. The van der Waals surface area contributed by atoms with E-state index in [2.05, 4.69) is 5.10 Å². The van der Waals surface area contributed by atoms with Crippen LogP contribution in [0.5, 0.6) is 0 Å². The number of aromatic nitrogens is 3. The normalized spacial score (nSPS) is 17.8. The highest BCUT2D eigenvalue weighted by molar-refractivity contribution is 6.33. The van der Waals surface area contributed by atoms with E-state index in [-0.39, 0.29) is 34.1 Å². The van der Waals surface area contributed by atoms with E-state index in [0.717, 1.165) is 18.9 Å². The Morgan fingerprint density at radius 2 is 2.12 bits per heavy atom. The third-order valence-electron chi connectivity index (χ3n) is 4.73. The van der Waals surface area contributed by atoms with Crippen molar-refractivity contribution < 1.29 is 9.18 Å². The van der Waals surface area contributed by atoms with Crippen LogP contribution in [-0.2, 0) is 7.05 Å². The summed E-state index contributed by atoms with van der Waals surface area (Å²) in [6.45, 7) is 4.94. The van der Waals surface area contributed by atoms with Gasteiger partial charge in [0, 0.05) is 32.1 Å². The average molecular weight is 381 g/mol. The van der Waals surface area contributed by atoms with Crippen molar-refractivity contribution in [2.75, 3.05) is 13.1 Å². The molecule has 1 aliphatic heterocycles. The fraction of sp³-hybridized carbons (Fsp3) is 0.500. The number of piperidine rings is 1. The molecule has 0 saturated carbocycles. The zero-order valence-electron chi connectivity index (χ0n) is 15.1. The first kappa shape index (κ1) is 18.6. The van der Waals surface area contributed by atoms with E-state index >= 15 is 0 Å². The van der Waals surface area contributed by atoms with E-state index in [1.807, 2.05) is 13.8 Å². The standard InChI is InChI=1S/C18H22ClFN4O2/c1-11(2)24-16(21-22(3)18(24)26)12-5-4-8-23(10-12)17(25)14-7-6-13(20)9-15(14)19/h6-7,9,11-12H,4-5,8,10H2,1-3H3. The lowest BCUT2D eigenvalue weighted by Gasteiger charge is -2.33. The number of hydrogen-bond acceptors (Lipinski definition) is 3. The van der Waals surface area contributed by atoms with Gasteiger partial charge in [0.15, 0.2) is 0 Å². The van der Waals surface area contributed by atoms with Crippen LogP contribution in [-0.4, -0.2) is 38.2 Å². The first-order valence-electron chi connectivity index (χ1n) is 8.69. The van der Waals surface area contributed by atoms with Crippen molar-refractivity contribution in [1.29, 1.82) is 0 Å². The summed E-state index contributed by atoms with van der Waals surface area (Å²) in [5, 5.41) is 4.51. The highest BCUT2D eigenvalue weighted by Crippen LogP contribution is 2.28. The molecule has 8 heteroatoms. The molecule has 1 aromatic heterocycles. The minimum Gasteiger partial charge on any atom is -0.338 e. The molecule has 6 nitrogen and oxygen atoms in total. The van der Waals surface area contributed by atoms with Crippen molar-refractivity contribution in [2.45, 2.75) is 38.6 Å². The molecule has 1 aliphatic rings. The number of benzene rings is 1. The summed E-state index contributed by atoms with van der Waals surface area (Å²) in [4.78, 5) is 26.8. The second-order valence-corrected chi connectivity index (χ2v) is 7.35. The summed E-state index contributed by atoms with van der Waals surface area (Å²) < 4.78 is 16.3. The van der Waals surface area contributed by atoms with Gasteiger partial charge in [-0.1, -0.05) is 11.6 Å². The lowest BCUT2D eigenvalue weighted by atomic mass is 9.96. The molecule has 1 fully saturated rings. The Kier molecular flexibility index (Phi) is 5.18. The fourth-order valence-electron chi connectivity index (χ4n) is 3.47. The van der Waals surface area contributed by atoms with E-state index < -0.39 is 5.82 Å². The molecule has 1 atom stereocenters. The minimum atomic E-state index is -0.475. The number of carbonyl (C=O) groups is 1. The average Bonchev–Trinajstić information content (AvgIpc) is 2.90. The van der Waals surface area contributed by atoms with Crippen molar-refractivity contribution >= 4 is 17.5 Å². The third kappa shape index (κ3) is 3.40. The summed E-state index contributed by atoms with van der Waals surface area (Å²) in [5.74, 6) is -0.0231. The summed E-state index contributed by atoms with van der Waals surface area (Å²) in [6.07, 6.45) is 1.65. The summed E-state index contributed by atoms with van der Waals surface area (Å²) in [6, 6.07) is 3.78. The number of hydrogen-bond donors (Lipinski definition) is 0. The maximum Gasteiger partial charge on any atom is 0.345 e. The van der Waals surface area contributed by atoms with Gasteiger partial charge in [0.2, 0.25) is 0 Å². The Hall–Kier alpha value is -2.15. The van der Waals surface area contributed by atoms with E-state index in [4.69, 9.17) is 11.6 Å². The second-order valence-electron chi connectivity index (χ2n) is 6.94. The Balaban J connectivity index is 1.87. The molecule has 0 spiro atoms. The van der Waals surface area contributed by atoms with E-state index in [1.165, 1.54) is 16.8 Å². The topological polar surface area (TPSA) is 60.1 Å². The van der Waals surface area contributed by atoms with Crippen molar-refractivity contribution in [3.63, 3.8) is 0 Å². The van der Waals surface area contributed by atoms with Crippen LogP contribution < -0.4 is 5.69 Å². The lowest BCUT2D eigenvalue weighted by molar-refractivity contribution is 0.0703. The molecule has 0 N–H and O–H groups in total. The van der Waals surface area contributed by atoms with Gasteiger partial charge in [-0.25, -0.2) is 13.9 Å². The Labute approximate surface area is 156 Å². The van der Waals surface area contributed by atoms with Crippen LogP contribution >= 0.6 is 11.6 Å². The number of rotatable bonds is 3. The second kappa shape index (κ2) is 7.23. The number of carbonyl (C=O) groups excluding carboxylic acids is 1. The van der Waals surface area contributed by atoms with Crippen molar-refractivity contribution in [2.24, 2.45) is 7.05 Å². The molecule has 1 unspecified atom stereocenters. The molecule has 1 saturated heterocycles. The molecule has 0 radical (unpaired) electrons. The number of amides is 1. The summed E-state index contributed by atoms with van der Waals surface area (Å²) in [5.41, 5.74) is 0.135. The Morgan fingerprint density at radius 1 is 1.38 bits per heavy atom. The van der Waals surface area contributed by atoms with Gasteiger partial charge < -0.3 is 4.90 Å². The summed E-state index contributed by atoms with van der Waals surface area (Å²) >= 11 is 6.04. The predicted octanol–water partition coefficient (Wildman–Crippen LogP) is 2.98. The third-order valence-corrected chi connectivity index (χ3v) is 5.05. The van der Waals surface area contributed by atoms with Crippen LogP contribution in [0.15, 0.2) is 23.0 Å². The monoisotopic (exact) mass is 380 g/mol. The molecular weight excluding hydrogens is 359 g/mol. The smallest absolute Gasteiger partial charge is 0.338 e.